The van der Waals surface area contributed by atoms with Crippen molar-refractivity contribution in [2.45, 2.75) is 38.2 Å². The van der Waals surface area contributed by atoms with Crippen molar-refractivity contribution in [1.82, 2.24) is 4.90 Å². The van der Waals surface area contributed by atoms with Crippen LogP contribution in [0, 0.1) is 5.41 Å². The molecular formula is C14H25N3O4. The fraction of sp³-hybridized carbons (Fsp3) is 0.857. The maximum Gasteiger partial charge on any atom is 0.236 e. The van der Waals surface area contributed by atoms with Gasteiger partial charge in [0.15, 0.2) is 5.84 Å². The van der Waals surface area contributed by atoms with Crippen LogP contribution in [-0.4, -0.2) is 60.9 Å². The number of amides is 1. The number of piperidine rings is 1. The van der Waals surface area contributed by atoms with Crippen molar-refractivity contribution < 1.29 is 19.5 Å². The summed E-state index contributed by atoms with van der Waals surface area (Å²) in [6.45, 7) is 4.10. The highest BCUT2D eigenvalue weighted by molar-refractivity contribution is 6.06. The minimum atomic E-state index is -0.945. The van der Waals surface area contributed by atoms with Gasteiger partial charge in [-0.1, -0.05) is 5.16 Å². The van der Waals surface area contributed by atoms with Crippen LogP contribution < -0.4 is 5.73 Å². The second-order valence-corrected chi connectivity index (χ2v) is 6.16. The number of carbonyl (C=O) groups is 1. The molecule has 0 bridgehead atoms. The third-order valence-corrected chi connectivity index (χ3v) is 4.79. The summed E-state index contributed by atoms with van der Waals surface area (Å²) >= 11 is 0. The number of nitrogens with two attached hydrogens (primary N) is 1. The number of likely N-dealkylation sites (tertiary alicyclic amines) is 1. The summed E-state index contributed by atoms with van der Waals surface area (Å²) in [6, 6.07) is 0. The summed E-state index contributed by atoms with van der Waals surface area (Å²) < 4.78 is 10.9. The van der Waals surface area contributed by atoms with Crippen LogP contribution in [-0.2, 0) is 14.3 Å². The molecule has 0 spiro atoms. The van der Waals surface area contributed by atoms with E-state index in [9.17, 15) is 4.79 Å². The fourth-order valence-electron chi connectivity index (χ4n) is 3.24. The van der Waals surface area contributed by atoms with Gasteiger partial charge in [-0.15, -0.1) is 0 Å². The lowest BCUT2D eigenvalue weighted by molar-refractivity contribution is -0.150. The molecule has 2 aliphatic heterocycles. The Kier molecular flexibility index (Phi) is 4.73. The second-order valence-electron chi connectivity index (χ2n) is 6.16. The second kappa shape index (κ2) is 6.19. The zero-order valence-corrected chi connectivity index (χ0v) is 12.8. The van der Waals surface area contributed by atoms with Gasteiger partial charge in [0.1, 0.15) is 5.41 Å². The van der Waals surface area contributed by atoms with Gasteiger partial charge in [0.25, 0.3) is 0 Å². The van der Waals surface area contributed by atoms with Gasteiger partial charge in [-0.25, -0.2) is 0 Å². The van der Waals surface area contributed by atoms with Crippen molar-refractivity contribution in [3.8, 4) is 0 Å². The molecule has 0 aromatic carbocycles. The Labute approximate surface area is 125 Å². The molecule has 0 aromatic heterocycles. The fourth-order valence-corrected chi connectivity index (χ4v) is 3.24. The van der Waals surface area contributed by atoms with Gasteiger partial charge in [-0.05, 0) is 32.6 Å². The van der Waals surface area contributed by atoms with Crippen LogP contribution in [0.4, 0.5) is 0 Å². The highest BCUT2D eigenvalue weighted by Crippen LogP contribution is 2.35. The number of ether oxygens (including phenoxy) is 2. The van der Waals surface area contributed by atoms with Gasteiger partial charge in [0, 0.05) is 33.4 Å². The number of amidine groups is 1. The van der Waals surface area contributed by atoms with Gasteiger partial charge in [0.2, 0.25) is 5.91 Å². The van der Waals surface area contributed by atoms with Crippen LogP contribution in [0.2, 0.25) is 0 Å². The number of nitrogens with zero attached hydrogens (tertiary/aromatic N) is 2. The molecule has 2 saturated heterocycles. The topological polar surface area (TPSA) is 97.4 Å². The number of oxime groups is 1. The maximum atomic E-state index is 13.0. The first-order valence-corrected chi connectivity index (χ1v) is 7.38. The van der Waals surface area contributed by atoms with Gasteiger partial charge < -0.3 is 25.3 Å². The average molecular weight is 299 g/mol. The molecule has 7 heteroatoms. The number of methoxy groups -OCH3 is 1. The Bertz CT molecular complexity index is 420. The molecule has 1 amide bonds. The third kappa shape index (κ3) is 2.98. The minimum absolute atomic E-state index is 0.0134. The SMILES string of the molecule is COC1(C)CCCN(C(=O)C2(C(N)=NO)CCOCC2)C1. The van der Waals surface area contributed by atoms with Crippen LogP contribution in [0.5, 0.6) is 0 Å². The molecule has 2 aliphatic rings. The predicted molar refractivity (Wildman–Crippen MR) is 77.1 cm³/mol. The molecule has 2 fully saturated rings. The molecule has 7 nitrogen and oxygen atoms in total. The van der Waals surface area contributed by atoms with E-state index in [1.54, 1.807) is 12.0 Å². The lowest BCUT2D eigenvalue weighted by Crippen LogP contribution is -2.58. The van der Waals surface area contributed by atoms with Gasteiger partial charge >= 0.3 is 0 Å². The number of hydrogen-bond acceptors (Lipinski definition) is 5. The van der Waals surface area contributed by atoms with Crippen molar-refractivity contribution in [3.05, 3.63) is 0 Å². The summed E-state index contributed by atoms with van der Waals surface area (Å²) in [6.07, 6.45) is 2.70. The molecule has 1 unspecified atom stereocenters. The molecule has 0 radical (unpaired) electrons. The van der Waals surface area contributed by atoms with E-state index in [1.165, 1.54) is 0 Å². The lowest BCUT2D eigenvalue weighted by atomic mass is 9.77. The molecule has 1 atom stereocenters. The molecule has 0 aliphatic carbocycles. The summed E-state index contributed by atoms with van der Waals surface area (Å²) in [5.41, 5.74) is 4.58. The monoisotopic (exact) mass is 299 g/mol. The van der Waals surface area contributed by atoms with E-state index >= 15 is 0 Å². The number of carbonyl (C=O) groups excluding carboxylic acids is 1. The van der Waals surface area contributed by atoms with Crippen LogP contribution >= 0.6 is 0 Å². The molecular weight excluding hydrogens is 274 g/mol. The molecule has 120 valence electrons. The van der Waals surface area contributed by atoms with E-state index in [0.717, 1.165) is 12.8 Å². The van der Waals surface area contributed by atoms with Gasteiger partial charge in [0.05, 0.1) is 5.60 Å². The van der Waals surface area contributed by atoms with Crippen LogP contribution in [0.1, 0.15) is 32.6 Å². The highest BCUT2D eigenvalue weighted by Gasteiger charge is 2.48. The van der Waals surface area contributed by atoms with E-state index in [1.807, 2.05) is 6.92 Å². The van der Waals surface area contributed by atoms with E-state index < -0.39 is 5.41 Å². The Morgan fingerprint density at radius 2 is 2.05 bits per heavy atom. The zero-order chi connectivity index (χ0) is 15.5. The summed E-state index contributed by atoms with van der Waals surface area (Å²) in [5, 5.41) is 12.2. The van der Waals surface area contributed by atoms with Crippen molar-refractivity contribution >= 4 is 11.7 Å². The van der Waals surface area contributed by atoms with Crippen LogP contribution in [0.15, 0.2) is 5.16 Å². The standard InChI is InChI=1S/C14H25N3O4/c1-13(20-2)4-3-7-17(10-13)12(18)14(11(15)16-19)5-8-21-9-6-14/h19H,3-10H2,1-2H3,(H2,15,16). The van der Waals surface area contributed by atoms with E-state index in [2.05, 4.69) is 5.16 Å². The molecule has 2 heterocycles. The molecule has 21 heavy (non-hydrogen) atoms. The summed E-state index contributed by atoms with van der Waals surface area (Å²) in [4.78, 5) is 14.8. The molecule has 3 N–H and O–H groups in total. The lowest BCUT2D eigenvalue weighted by Gasteiger charge is -2.44. The normalized spacial score (nSPS) is 30.2. The first-order chi connectivity index (χ1) is 9.97. The van der Waals surface area contributed by atoms with Crippen molar-refractivity contribution in [2.75, 3.05) is 33.4 Å². The van der Waals surface area contributed by atoms with Gasteiger partial charge in [-0.2, -0.15) is 0 Å². The summed E-state index contributed by atoms with van der Waals surface area (Å²) in [7, 11) is 1.67. The molecule has 2 rings (SSSR count). The average Bonchev–Trinajstić information content (AvgIpc) is 2.54. The molecule has 0 saturated carbocycles. The Morgan fingerprint density at radius 3 is 2.62 bits per heavy atom. The highest BCUT2D eigenvalue weighted by atomic mass is 16.5. The van der Waals surface area contributed by atoms with Crippen molar-refractivity contribution in [3.63, 3.8) is 0 Å². The Balaban J connectivity index is 2.22. The predicted octanol–water partition coefficient (Wildman–Crippen LogP) is 0.557. The minimum Gasteiger partial charge on any atom is -0.409 e. The van der Waals surface area contributed by atoms with Crippen molar-refractivity contribution in [2.24, 2.45) is 16.3 Å². The van der Waals surface area contributed by atoms with Crippen LogP contribution in [0.25, 0.3) is 0 Å². The number of hydrogen-bond donors (Lipinski definition) is 2. The third-order valence-electron chi connectivity index (χ3n) is 4.79. The van der Waals surface area contributed by atoms with Crippen LogP contribution in [0.3, 0.4) is 0 Å². The summed E-state index contributed by atoms with van der Waals surface area (Å²) in [5.74, 6) is -0.0930. The first-order valence-electron chi connectivity index (χ1n) is 7.38. The maximum absolute atomic E-state index is 13.0. The van der Waals surface area contributed by atoms with E-state index in [-0.39, 0.29) is 17.3 Å². The Hall–Kier alpha value is -1.34. The quantitative estimate of drug-likeness (QED) is 0.343. The van der Waals surface area contributed by atoms with E-state index in [4.69, 9.17) is 20.4 Å². The number of rotatable bonds is 3. The van der Waals surface area contributed by atoms with Crippen molar-refractivity contribution in [1.29, 1.82) is 0 Å². The first kappa shape index (κ1) is 16.0. The van der Waals surface area contributed by atoms with E-state index in [0.29, 0.717) is 39.1 Å². The Morgan fingerprint density at radius 1 is 1.38 bits per heavy atom. The zero-order valence-electron chi connectivity index (χ0n) is 12.8. The smallest absolute Gasteiger partial charge is 0.236 e. The van der Waals surface area contributed by atoms with Gasteiger partial charge in [-0.3, -0.25) is 4.79 Å². The molecule has 0 aromatic rings. The largest absolute Gasteiger partial charge is 0.409 e.